The Hall–Kier alpha value is -0.730. The maximum Gasteiger partial charge on any atom is 0.195 e. The zero-order valence-corrected chi connectivity index (χ0v) is 7.51. The van der Waals surface area contributed by atoms with E-state index in [-0.39, 0.29) is 11.5 Å². The lowest BCUT2D eigenvalue weighted by Gasteiger charge is -1.99. The van der Waals surface area contributed by atoms with E-state index in [1.165, 1.54) is 24.3 Å². The van der Waals surface area contributed by atoms with Gasteiger partial charge in [0, 0.05) is 5.56 Å². The highest BCUT2D eigenvalue weighted by atomic mass is 35.5. The van der Waals surface area contributed by atoms with Crippen LogP contribution in [0.2, 0.25) is 0 Å². The quantitative estimate of drug-likeness (QED) is 0.594. The van der Waals surface area contributed by atoms with Gasteiger partial charge in [-0.25, -0.2) is 0 Å². The molecular formula is C8H6Cl2O2. The van der Waals surface area contributed by atoms with Gasteiger partial charge in [0.25, 0.3) is 0 Å². The van der Waals surface area contributed by atoms with Gasteiger partial charge in [-0.3, -0.25) is 4.79 Å². The number of aromatic hydroxyl groups is 1. The number of ketones is 1. The molecule has 0 aliphatic carbocycles. The molecule has 12 heavy (non-hydrogen) atoms. The smallest absolute Gasteiger partial charge is 0.195 e. The fourth-order valence-corrected chi connectivity index (χ4v) is 1.00. The van der Waals surface area contributed by atoms with Crippen LogP contribution >= 0.6 is 23.2 Å². The highest BCUT2D eigenvalue weighted by Crippen LogP contribution is 2.15. The van der Waals surface area contributed by atoms with E-state index in [4.69, 9.17) is 28.3 Å². The summed E-state index contributed by atoms with van der Waals surface area (Å²) < 4.78 is 0. The summed E-state index contributed by atoms with van der Waals surface area (Å²) in [7, 11) is 0. The van der Waals surface area contributed by atoms with Crippen LogP contribution < -0.4 is 0 Å². The number of alkyl halides is 2. The van der Waals surface area contributed by atoms with Crippen molar-refractivity contribution in [3.63, 3.8) is 0 Å². The molecule has 1 N–H and O–H groups in total. The third-order valence-electron chi connectivity index (χ3n) is 1.35. The SMILES string of the molecule is O=C(c1ccc(O)cc1)C(Cl)Cl. The average Bonchev–Trinajstić information content (AvgIpc) is 2.04. The first-order chi connectivity index (χ1) is 5.61. The average molecular weight is 205 g/mol. The Bertz CT molecular complexity index is 280. The second kappa shape index (κ2) is 3.78. The van der Waals surface area contributed by atoms with Crippen LogP contribution in [-0.4, -0.2) is 15.7 Å². The maximum absolute atomic E-state index is 11.1. The van der Waals surface area contributed by atoms with Crippen molar-refractivity contribution in [3.8, 4) is 5.75 Å². The largest absolute Gasteiger partial charge is 0.508 e. The van der Waals surface area contributed by atoms with Gasteiger partial charge in [-0.15, -0.1) is 0 Å². The maximum atomic E-state index is 11.1. The molecule has 0 radical (unpaired) electrons. The molecule has 0 aromatic heterocycles. The molecule has 0 atom stereocenters. The molecule has 0 aliphatic rings. The number of phenols is 1. The summed E-state index contributed by atoms with van der Waals surface area (Å²) in [4.78, 5) is 10.1. The molecule has 1 aromatic rings. The molecule has 4 heteroatoms. The van der Waals surface area contributed by atoms with Crippen molar-refractivity contribution in [1.29, 1.82) is 0 Å². The molecule has 0 spiro atoms. The Morgan fingerprint density at radius 2 is 1.75 bits per heavy atom. The van der Waals surface area contributed by atoms with Crippen LogP contribution in [0, 0.1) is 0 Å². The summed E-state index contributed by atoms with van der Waals surface area (Å²) in [5.41, 5.74) is 0.391. The third-order valence-corrected chi connectivity index (χ3v) is 1.75. The first kappa shape index (κ1) is 9.36. The number of phenolic OH excluding ortho intramolecular Hbond substituents is 1. The second-order valence-corrected chi connectivity index (χ2v) is 3.31. The van der Waals surface area contributed by atoms with Crippen molar-refractivity contribution in [2.45, 2.75) is 4.84 Å². The van der Waals surface area contributed by atoms with E-state index in [9.17, 15) is 4.79 Å². The van der Waals surface area contributed by atoms with Crippen LogP contribution in [0.25, 0.3) is 0 Å². The number of benzene rings is 1. The van der Waals surface area contributed by atoms with E-state index in [1.807, 2.05) is 0 Å². The fourth-order valence-electron chi connectivity index (χ4n) is 0.752. The summed E-state index contributed by atoms with van der Waals surface area (Å²) in [6, 6.07) is 5.75. The van der Waals surface area contributed by atoms with E-state index >= 15 is 0 Å². The fraction of sp³-hybridized carbons (Fsp3) is 0.125. The minimum absolute atomic E-state index is 0.104. The molecule has 0 saturated carbocycles. The van der Waals surface area contributed by atoms with Gasteiger partial charge in [0.2, 0.25) is 0 Å². The zero-order chi connectivity index (χ0) is 9.14. The molecule has 0 unspecified atom stereocenters. The van der Waals surface area contributed by atoms with Crippen molar-refractivity contribution in [2.75, 3.05) is 0 Å². The number of Topliss-reactive ketones (excluding diaryl/α,β-unsaturated/α-hetero) is 1. The molecule has 2 nitrogen and oxygen atoms in total. The van der Waals surface area contributed by atoms with E-state index in [2.05, 4.69) is 0 Å². The Labute approximate surface area is 79.7 Å². The lowest BCUT2D eigenvalue weighted by Crippen LogP contribution is -2.07. The van der Waals surface area contributed by atoms with Crippen LogP contribution in [0.3, 0.4) is 0 Å². The third kappa shape index (κ3) is 2.13. The molecular weight excluding hydrogens is 199 g/mol. The van der Waals surface area contributed by atoms with Gasteiger partial charge in [0.15, 0.2) is 10.6 Å². The van der Waals surface area contributed by atoms with Crippen LogP contribution in [0.15, 0.2) is 24.3 Å². The topological polar surface area (TPSA) is 37.3 Å². The first-order valence-electron chi connectivity index (χ1n) is 3.22. The van der Waals surface area contributed by atoms with Crippen LogP contribution in [0.4, 0.5) is 0 Å². The summed E-state index contributed by atoms with van der Waals surface area (Å²) in [5.74, 6) is -0.259. The predicted molar refractivity (Wildman–Crippen MR) is 47.9 cm³/mol. The van der Waals surface area contributed by atoms with Crippen molar-refractivity contribution >= 4 is 29.0 Å². The Balaban J connectivity index is 2.90. The molecule has 64 valence electrons. The van der Waals surface area contributed by atoms with E-state index in [1.54, 1.807) is 0 Å². The molecule has 0 heterocycles. The van der Waals surface area contributed by atoms with Crippen molar-refractivity contribution in [1.82, 2.24) is 0 Å². The Kier molecular flexibility index (Phi) is 2.95. The lowest BCUT2D eigenvalue weighted by atomic mass is 10.1. The van der Waals surface area contributed by atoms with E-state index < -0.39 is 4.84 Å². The standard InChI is InChI=1S/C8H6Cl2O2/c9-8(10)7(12)5-1-3-6(11)4-2-5/h1-4,8,11H. The number of carbonyl (C=O) groups excluding carboxylic acids is 1. The number of rotatable bonds is 2. The van der Waals surface area contributed by atoms with Crippen molar-refractivity contribution in [3.05, 3.63) is 29.8 Å². The molecule has 0 saturated heterocycles. The van der Waals surface area contributed by atoms with Gasteiger partial charge in [-0.05, 0) is 24.3 Å². The van der Waals surface area contributed by atoms with E-state index in [0.29, 0.717) is 5.56 Å². The predicted octanol–water partition coefficient (Wildman–Crippen LogP) is 2.38. The Morgan fingerprint density at radius 3 is 2.17 bits per heavy atom. The van der Waals surface area contributed by atoms with Gasteiger partial charge in [0.05, 0.1) is 0 Å². The van der Waals surface area contributed by atoms with Gasteiger partial charge >= 0.3 is 0 Å². The highest BCUT2D eigenvalue weighted by Gasteiger charge is 2.13. The minimum Gasteiger partial charge on any atom is -0.508 e. The van der Waals surface area contributed by atoms with Gasteiger partial charge < -0.3 is 5.11 Å². The van der Waals surface area contributed by atoms with Crippen LogP contribution in [0.1, 0.15) is 10.4 Å². The molecule has 0 fully saturated rings. The second-order valence-electron chi connectivity index (χ2n) is 2.21. The Morgan fingerprint density at radius 1 is 1.25 bits per heavy atom. The monoisotopic (exact) mass is 204 g/mol. The summed E-state index contributed by atoms with van der Waals surface area (Å²) in [6.07, 6.45) is 0. The van der Waals surface area contributed by atoms with Gasteiger partial charge in [-0.2, -0.15) is 0 Å². The van der Waals surface area contributed by atoms with Crippen molar-refractivity contribution in [2.24, 2.45) is 0 Å². The van der Waals surface area contributed by atoms with Crippen LogP contribution in [-0.2, 0) is 0 Å². The van der Waals surface area contributed by atoms with Crippen molar-refractivity contribution < 1.29 is 9.90 Å². The number of hydrogen-bond acceptors (Lipinski definition) is 2. The van der Waals surface area contributed by atoms with E-state index in [0.717, 1.165) is 0 Å². The highest BCUT2D eigenvalue weighted by molar-refractivity contribution is 6.55. The first-order valence-corrected chi connectivity index (χ1v) is 4.10. The zero-order valence-electron chi connectivity index (χ0n) is 6.00. The molecule has 0 aliphatic heterocycles. The number of carbonyl (C=O) groups is 1. The lowest BCUT2D eigenvalue weighted by molar-refractivity contribution is 0.101. The summed E-state index contributed by atoms with van der Waals surface area (Å²) in [6.45, 7) is 0. The van der Waals surface area contributed by atoms with Gasteiger partial charge in [-0.1, -0.05) is 23.2 Å². The molecule has 0 bridgehead atoms. The molecule has 1 aromatic carbocycles. The summed E-state index contributed by atoms with van der Waals surface area (Å²) >= 11 is 10.7. The normalized spacial score (nSPS) is 10.2. The minimum atomic E-state index is -1.05. The van der Waals surface area contributed by atoms with Gasteiger partial charge in [0.1, 0.15) is 5.75 Å². The summed E-state index contributed by atoms with van der Waals surface area (Å²) in [5, 5.41) is 8.90. The number of halogens is 2. The molecule has 1 rings (SSSR count). The van der Waals surface area contributed by atoms with Crippen LogP contribution in [0.5, 0.6) is 5.75 Å². The number of hydrogen-bond donors (Lipinski definition) is 1. The molecule has 0 amide bonds.